The summed E-state index contributed by atoms with van der Waals surface area (Å²) in [6.45, 7) is 0.430. The van der Waals surface area contributed by atoms with E-state index in [1.54, 1.807) is 85.3 Å². The van der Waals surface area contributed by atoms with Crippen LogP contribution >= 0.6 is 11.8 Å². The molecule has 0 radical (unpaired) electrons. The van der Waals surface area contributed by atoms with Gasteiger partial charge in [-0.25, -0.2) is 22.2 Å². The van der Waals surface area contributed by atoms with Crippen LogP contribution in [0.3, 0.4) is 0 Å². The van der Waals surface area contributed by atoms with Crippen molar-refractivity contribution >= 4 is 45.2 Å². The summed E-state index contributed by atoms with van der Waals surface area (Å²) in [7, 11) is -4.05. The number of aromatic nitrogens is 2. The molecule has 5 aromatic rings. The number of rotatable bonds is 14. The second kappa shape index (κ2) is 16.4. The van der Waals surface area contributed by atoms with Crippen molar-refractivity contribution in [1.82, 2.24) is 19.6 Å². The fourth-order valence-electron chi connectivity index (χ4n) is 5.17. The van der Waals surface area contributed by atoms with E-state index in [2.05, 4.69) is 15.0 Å². The molecule has 1 atom stereocenters. The van der Waals surface area contributed by atoms with E-state index in [1.165, 1.54) is 36.0 Å². The van der Waals surface area contributed by atoms with Gasteiger partial charge in [0.1, 0.15) is 17.7 Å². The van der Waals surface area contributed by atoms with Crippen molar-refractivity contribution in [2.75, 3.05) is 12.0 Å². The number of hydrogen-bond donors (Lipinski definition) is 2. The highest BCUT2D eigenvalue weighted by Gasteiger charge is 2.26. The lowest BCUT2D eigenvalue weighted by atomic mass is 9.94. The molecule has 49 heavy (non-hydrogen) atoms. The predicted octanol–water partition coefficient (Wildman–Crippen LogP) is 6.57. The third kappa shape index (κ3) is 9.97. The molecular weight excluding hydrogens is 667 g/mol. The molecule has 12 heteroatoms. The highest BCUT2D eigenvalue weighted by Crippen LogP contribution is 2.29. The predicted molar refractivity (Wildman–Crippen MR) is 190 cm³/mol. The molecule has 0 saturated carbocycles. The minimum absolute atomic E-state index is 0.182. The summed E-state index contributed by atoms with van der Waals surface area (Å²) in [6.07, 6.45) is 9.08. The Morgan fingerprint density at radius 1 is 0.939 bits per heavy atom. The van der Waals surface area contributed by atoms with Crippen molar-refractivity contribution in [3.8, 4) is 11.1 Å². The van der Waals surface area contributed by atoms with Crippen LogP contribution in [-0.4, -0.2) is 47.8 Å². The third-order valence-electron chi connectivity index (χ3n) is 7.60. The van der Waals surface area contributed by atoms with Crippen LogP contribution in [-0.2, 0) is 27.1 Å². The van der Waals surface area contributed by atoms with E-state index < -0.39 is 39.4 Å². The van der Waals surface area contributed by atoms with E-state index in [4.69, 9.17) is 0 Å². The summed E-state index contributed by atoms with van der Waals surface area (Å²) in [4.78, 5) is 31.3. The third-order valence-corrected chi connectivity index (χ3v) is 9.47. The summed E-state index contributed by atoms with van der Waals surface area (Å²) in [5, 5.41) is 2.73. The molecule has 0 bridgehead atoms. The van der Waals surface area contributed by atoms with Gasteiger partial charge in [0.2, 0.25) is 10.0 Å². The molecule has 1 aromatic heterocycles. The number of imidazole rings is 1. The van der Waals surface area contributed by atoms with Gasteiger partial charge in [-0.1, -0.05) is 60.7 Å². The summed E-state index contributed by atoms with van der Waals surface area (Å²) >= 11 is 1.45. The quantitative estimate of drug-likeness (QED) is 0.127. The highest BCUT2D eigenvalue weighted by molar-refractivity contribution is 7.98. The van der Waals surface area contributed by atoms with Crippen LogP contribution < -0.4 is 10.0 Å². The number of thioether (sulfide) groups is 1. The number of nitrogens with zero attached hydrogens (tertiary/aromatic N) is 2. The number of amides is 2. The second-order valence-electron chi connectivity index (χ2n) is 11.2. The van der Waals surface area contributed by atoms with Gasteiger partial charge in [-0.2, -0.15) is 11.8 Å². The fourth-order valence-corrected chi connectivity index (χ4v) is 6.80. The molecule has 4 aromatic carbocycles. The van der Waals surface area contributed by atoms with Crippen LogP contribution in [0, 0.1) is 11.6 Å². The maximum Gasteiger partial charge on any atom is 0.256 e. The van der Waals surface area contributed by atoms with Gasteiger partial charge >= 0.3 is 0 Å². The van der Waals surface area contributed by atoms with Gasteiger partial charge in [-0.05, 0) is 94.3 Å². The smallest absolute Gasteiger partial charge is 0.256 e. The lowest BCUT2D eigenvalue weighted by Gasteiger charge is -2.20. The van der Waals surface area contributed by atoms with Crippen molar-refractivity contribution in [3.63, 3.8) is 0 Å². The van der Waals surface area contributed by atoms with Crippen molar-refractivity contribution < 1.29 is 26.8 Å². The van der Waals surface area contributed by atoms with E-state index in [0.29, 0.717) is 34.6 Å². The summed E-state index contributed by atoms with van der Waals surface area (Å²) in [5.74, 6) is -2.17. The van der Waals surface area contributed by atoms with E-state index in [9.17, 15) is 26.8 Å². The Kier molecular flexibility index (Phi) is 11.8. The number of carbonyl (C=O) groups is 2. The van der Waals surface area contributed by atoms with Gasteiger partial charge in [0.25, 0.3) is 11.8 Å². The maximum atomic E-state index is 13.9. The van der Waals surface area contributed by atoms with Gasteiger partial charge in [-0.15, -0.1) is 0 Å². The van der Waals surface area contributed by atoms with Gasteiger partial charge < -0.3 is 9.88 Å². The summed E-state index contributed by atoms with van der Waals surface area (Å²) in [6, 6.07) is 24.2. The van der Waals surface area contributed by atoms with Gasteiger partial charge in [0.05, 0.1) is 12.1 Å². The number of carbonyl (C=O) groups excluding carboxylic acids is 2. The lowest BCUT2D eigenvalue weighted by Crippen LogP contribution is -2.49. The number of nitrogens with one attached hydrogen (secondary N) is 2. The van der Waals surface area contributed by atoms with E-state index in [1.807, 2.05) is 23.1 Å². The van der Waals surface area contributed by atoms with E-state index >= 15 is 0 Å². The van der Waals surface area contributed by atoms with Crippen LogP contribution in [0.25, 0.3) is 22.8 Å². The molecule has 0 saturated heterocycles. The number of hydrogen-bond acceptors (Lipinski definition) is 6. The minimum atomic E-state index is -4.05. The first-order chi connectivity index (χ1) is 23.6. The van der Waals surface area contributed by atoms with Crippen LogP contribution in [0.15, 0.2) is 116 Å². The van der Waals surface area contributed by atoms with Gasteiger partial charge in [-0.3, -0.25) is 14.3 Å². The molecule has 2 N–H and O–H groups in total. The molecule has 2 amide bonds. The zero-order chi connectivity index (χ0) is 34.8. The first-order valence-electron chi connectivity index (χ1n) is 15.3. The Morgan fingerprint density at radius 3 is 2.29 bits per heavy atom. The van der Waals surface area contributed by atoms with Gasteiger partial charge in [0.15, 0.2) is 0 Å². The normalized spacial score (nSPS) is 12.3. The van der Waals surface area contributed by atoms with E-state index in [0.717, 1.165) is 11.1 Å². The molecule has 0 spiro atoms. The largest absolute Gasteiger partial charge is 0.340 e. The first kappa shape index (κ1) is 35.2. The average Bonchev–Trinajstić information content (AvgIpc) is 3.60. The molecular formula is C37H34F2N4O4S2. The Balaban J connectivity index is 1.47. The van der Waals surface area contributed by atoms with Crippen LogP contribution in [0.5, 0.6) is 0 Å². The standard InChI is InChI=1S/C37H34F2N4O4S2/c1-48-20-17-35(37(45)42-49(46,47)24-26-5-3-2-4-6-26)41-36(44)33-16-7-27(22-34(33)29-10-14-32(39)15-11-29)21-30(23-43-19-18-40-25-43)28-8-12-31(38)13-9-28/h2-16,18-19,21-22,25,35H,17,20,23-24H2,1H3,(H,41,44)(H,42,45)/b30-21-. The van der Waals surface area contributed by atoms with Gasteiger partial charge in [0, 0.05) is 24.5 Å². The van der Waals surface area contributed by atoms with Crippen molar-refractivity contribution in [2.45, 2.75) is 24.8 Å². The molecule has 5 rings (SSSR count). The molecule has 0 aliphatic rings. The second-order valence-corrected chi connectivity index (χ2v) is 13.9. The Labute approximate surface area is 288 Å². The van der Waals surface area contributed by atoms with Crippen LogP contribution in [0.4, 0.5) is 8.78 Å². The topological polar surface area (TPSA) is 110 Å². The van der Waals surface area contributed by atoms with E-state index in [-0.39, 0.29) is 17.8 Å². The van der Waals surface area contributed by atoms with Crippen molar-refractivity contribution in [2.24, 2.45) is 0 Å². The Bertz CT molecular complexity index is 2020. The number of benzene rings is 4. The molecule has 0 aliphatic carbocycles. The zero-order valence-corrected chi connectivity index (χ0v) is 28.2. The number of allylic oxidation sites excluding steroid dienone is 1. The monoisotopic (exact) mass is 700 g/mol. The van der Waals surface area contributed by atoms with Crippen LogP contribution in [0.2, 0.25) is 0 Å². The highest BCUT2D eigenvalue weighted by atomic mass is 32.2. The number of sulfonamides is 1. The molecule has 252 valence electrons. The van der Waals surface area contributed by atoms with Crippen LogP contribution in [0.1, 0.15) is 33.5 Å². The summed E-state index contributed by atoms with van der Waals surface area (Å²) in [5.41, 5.74) is 4.06. The van der Waals surface area contributed by atoms with Crippen molar-refractivity contribution in [1.29, 1.82) is 0 Å². The Morgan fingerprint density at radius 2 is 1.63 bits per heavy atom. The van der Waals surface area contributed by atoms with Crippen molar-refractivity contribution in [3.05, 3.63) is 150 Å². The first-order valence-corrected chi connectivity index (χ1v) is 18.3. The Hall–Kier alpha value is -5.07. The molecule has 0 aliphatic heterocycles. The minimum Gasteiger partial charge on any atom is -0.340 e. The average molecular weight is 701 g/mol. The molecule has 0 fully saturated rings. The summed E-state index contributed by atoms with van der Waals surface area (Å²) < 4.78 is 57.4. The number of halogens is 2. The maximum absolute atomic E-state index is 13.9. The SMILES string of the molecule is CSCCC(NC(=O)c1ccc(/C=C(/Cn2ccnc2)c2ccc(F)cc2)cc1-c1ccc(F)cc1)C(=O)NS(=O)(=O)Cc1ccccc1. The molecule has 8 nitrogen and oxygen atoms in total. The fraction of sp³-hybridized carbons (Fsp3) is 0.162. The lowest BCUT2D eigenvalue weighted by molar-refractivity contribution is -0.121. The molecule has 1 heterocycles. The molecule has 1 unspecified atom stereocenters. The zero-order valence-electron chi connectivity index (χ0n) is 26.6.